The van der Waals surface area contributed by atoms with Gasteiger partial charge in [0.2, 0.25) is 0 Å². The summed E-state index contributed by atoms with van der Waals surface area (Å²) in [7, 11) is 0. The third-order valence-corrected chi connectivity index (χ3v) is 5.65. The van der Waals surface area contributed by atoms with Crippen LogP contribution < -0.4 is 5.32 Å². The number of amides is 1. The number of benzene rings is 1. The summed E-state index contributed by atoms with van der Waals surface area (Å²) < 4.78 is 0. The van der Waals surface area contributed by atoms with Crippen LogP contribution in [0.25, 0.3) is 0 Å². The number of carbonyl (C=O) groups is 2. The number of Topliss-reactive ketones (excluding diaryl/α,β-unsaturated/α-hetero) is 1. The lowest BCUT2D eigenvalue weighted by atomic mass is 9.64. The first kappa shape index (κ1) is 15.0. The molecular formula is C18H19NO2S. The van der Waals surface area contributed by atoms with Crippen LogP contribution in [-0.4, -0.2) is 18.2 Å². The summed E-state index contributed by atoms with van der Waals surface area (Å²) in [5.41, 5.74) is 1.38. The minimum atomic E-state index is -0.0836. The summed E-state index contributed by atoms with van der Waals surface area (Å²) in [5.74, 6) is -0.0801. The molecule has 1 aliphatic carbocycles. The number of nitrogens with one attached hydrogen (secondary N) is 1. The molecule has 0 atom stereocenters. The number of rotatable bonds is 5. The molecule has 0 saturated heterocycles. The predicted molar refractivity (Wildman–Crippen MR) is 88.6 cm³/mol. The molecule has 3 nitrogen and oxygen atoms in total. The number of ketones is 1. The Kier molecular flexibility index (Phi) is 4.12. The third-order valence-electron chi connectivity index (χ3n) is 4.46. The van der Waals surface area contributed by atoms with Crippen molar-refractivity contribution in [2.75, 3.05) is 6.54 Å². The molecule has 0 bridgehead atoms. The highest BCUT2D eigenvalue weighted by molar-refractivity contribution is 7.15. The van der Waals surface area contributed by atoms with E-state index in [4.69, 9.17) is 0 Å². The van der Waals surface area contributed by atoms with Crippen LogP contribution in [0.5, 0.6) is 0 Å². The van der Waals surface area contributed by atoms with E-state index in [2.05, 4.69) is 29.6 Å². The molecule has 0 radical (unpaired) electrons. The van der Waals surface area contributed by atoms with Crippen molar-refractivity contribution in [3.8, 4) is 0 Å². The minimum absolute atomic E-state index is 0.00352. The van der Waals surface area contributed by atoms with E-state index < -0.39 is 0 Å². The van der Waals surface area contributed by atoms with E-state index in [9.17, 15) is 9.59 Å². The van der Waals surface area contributed by atoms with Gasteiger partial charge in [0.05, 0.1) is 9.75 Å². The highest BCUT2D eigenvalue weighted by Gasteiger charge is 2.38. The van der Waals surface area contributed by atoms with Gasteiger partial charge in [-0.2, -0.15) is 0 Å². The van der Waals surface area contributed by atoms with Crippen molar-refractivity contribution < 1.29 is 9.59 Å². The SMILES string of the molecule is CC(=O)c1ccc(C(=O)NCC2(c3ccccc3)CCC2)s1. The topological polar surface area (TPSA) is 46.2 Å². The summed E-state index contributed by atoms with van der Waals surface area (Å²) in [6, 6.07) is 13.9. The summed E-state index contributed by atoms with van der Waals surface area (Å²) in [4.78, 5) is 24.8. The lowest BCUT2D eigenvalue weighted by Crippen LogP contribution is -2.45. The highest BCUT2D eigenvalue weighted by atomic mass is 32.1. The lowest BCUT2D eigenvalue weighted by molar-refractivity contribution is 0.0931. The smallest absolute Gasteiger partial charge is 0.261 e. The van der Waals surface area contributed by atoms with Crippen molar-refractivity contribution in [1.82, 2.24) is 5.32 Å². The van der Waals surface area contributed by atoms with Crippen LogP contribution >= 0.6 is 11.3 Å². The first-order chi connectivity index (χ1) is 10.6. The molecule has 1 N–H and O–H groups in total. The van der Waals surface area contributed by atoms with Crippen LogP contribution in [0.2, 0.25) is 0 Å². The molecule has 1 saturated carbocycles. The molecular weight excluding hydrogens is 294 g/mol. The van der Waals surface area contributed by atoms with E-state index in [1.165, 1.54) is 30.2 Å². The van der Waals surface area contributed by atoms with Crippen molar-refractivity contribution in [2.24, 2.45) is 0 Å². The Morgan fingerprint density at radius 2 is 1.77 bits per heavy atom. The molecule has 1 heterocycles. The molecule has 114 valence electrons. The largest absolute Gasteiger partial charge is 0.350 e. The zero-order valence-corrected chi connectivity index (χ0v) is 13.4. The van der Waals surface area contributed by atoms with E-state index in [1.807, 2.05) is 6.07 Å². The Labute approximate surface area is 134 Å². The monoisotopic (exact) mass is 313 g/mol. The maximum absolute atomic E-state index is 12.3. The molecule has 2 aromatic rings. The first-order valence-corrected chi connectivity index (χ1v) is 8.37. The number of thiophene rings is 1. The molecule has 1 aromatic heterocycles. The van der Waals surface area contributed by atoms with Gasteiger partial charge in [-0.3, -0.25) is 9.59 Å². The van der Waals surface area contributed by atoms with Crippen LogP contribution in [0.3, 0.4) is 0 Å². The van der Waals surface area contributed by atoms with Crippen LogP contribution in [-0.2, 0) is 5.41 Å². The fourth-order valence-electron chi connectivity index (χ4n) is 2.95. The molecule has 0 unspecified atom stereocenters. The molecule has 22 heavy (non-hydrogen) atoms. The van der Waals surface area contributed by atoms with E-state index in [0.29, 0.717) is 16.3 Å². The zero-order valence-electron chi connectivity index (χ0n) is 12.6. The fourth-order valence-corrected chi connectivity index (χ4v) is 3.77. The van der Waals surface area contributed by atoms with Gasteiger partial charge in [-0.15, -0.1) is 11.3 Å². The second-order valence-corrected chi connectivity index (χ2v) is 6.99. The van der Waals surface area contributed by atoms with Crippen molar-refractivity contribution in [2.45, 2.75) is 31.6 Å². The Bertz CT molecular complexity index is 686. The van der Waals surface area contributed by atoms with Gasteiger partial charge in [-0.25, -0.2) is 0 Å². The predicted octanol–water partition coefficient (Wildman–Crippen LogP) is 3.80. The summed E-state index contributed by atoms with van der Waals surface area (Å²) >= 11 is 1.26. The zero-order chi connectivity index (χ0) is 15.6. The van der Waals surface area contributed by atoms with Gasteiger partial charge in [-0.05, 0) is 37.5 Å². The van der Waals surface area contributed by atoms with Crippen LogP contribution in [0, 0.1) is 0 Å². The van der Waals surface area contributed by atoms with Crippen LogP contribution in [0.4, 0.5) is 0 Å². The normalized spacial score (nSPS) is 15.9. The van der Waals surface area contributed by atoms with Crippen molar-refractivity contribution in [3.63, 3.8) is 0 Å². The van der Waals surface area contributed by atoms with Gasteiger partial charge in [0.15, 0.2) is 5.78 Å². The van der Waals surface area contributed by atoms with Crippen molar-refractivity contribution >= 4 is 23.0 Å². The molecule has 3 rings (SSSR count). The van der Waals surface area contributed by atoms with Gasteiger partial charge < -0.3 is 5.32 Å². The van der Waals surface area contributed by atoms with E-state index in [0.717, 1.165) is 12.8 Å². The highest BCUT2D eigenvalue weighted by Crippen LogP contribution is 2.43. The van der Waals surface area contributed by atoms with E-state index in [1.54, 1.807) is 12.1 Å². The summed E-state index contributed by atoms with van der Waals surface area (Å²) in [5, 5.41) is 3.05. The van der Waals surface area contributed by atoms with Gasteiger partial charge in [0.25, 0.3) is 5.91 Å². The van der Waals surface area contributed by atoms with Crippen molar-refractivity contribution in [1.29, 1.82) is 0 Å². The van der Waals surface area contributed by atoms with Gasteiger partial charge in [0, 0.05) is 12.0 Å². The van der Waals surface area contributed by atoms with Crippen molar-refractivity contribution in [3.05, 3.63) is 57.8 Å². The standard InChI is InChI=1S/C18H19NO2S/c1-13(20)15-8-9-16(22-15)17(21)19-12-18(10-5-11-18)14-6-3-2-4-7-14/h2-4,6-9H,5,10-12H2,1H3,(H,19,21). The molecule has 1 fully saturated rings. The maximum atomic E-state index is 12.3. The summed E-state index contributed by atoms with van der Waals surface area (Å²) in [6.45, 7) is 2.18. The second-order valence-electron chi connectivity index (χ2n) is 5.90. The van der Waals surface area contributed by atoms with Gasteiger partial charge >= 0.3 is 0 Å². The van der Waals surface area contributed by atoms with Gasteiger partial charge in [0.1, 0.15) is 0 Å². The first-order valence-electron chi connectivity index (χ1n) is 7.55. The Morgan fingerprint density at radius 1 is 1.09 bits per heavy atom. The van der Waals surface area contributed by atoms with E-state index >= 15 is 0 Å². The Balaban J connectivity index is 1.68. The Morgan fingerprint density at radius 3 is 2.32 bits per heavy atom. The number of hydrogen-bond donors (Lipinski definition) is 1. The maximum Gasteiger partial charge on any atom is 0.261 e. The second kappa shape index (κ2) is 6.05. The Hall–Kier alpha value is -1.94. The van der Waals surface area contributed by atoms with Crippen LogP contribution in [0.15, 0.2) is 42.5 Å². The average molecular weight is 313 g/mol. The van der Waals surface area contributed by atoms with Crippen LogP contribution in [0.1, 0.15) is 51.1 Å². The quantitative estimate of drug-likeness (QED) is 0.853. The molecule has 0 spiro atoms. The van der Waals surface area contributed by atoms with Gasteiger partial charge in [-0.1, -0.05) is 36.8 Å². The molecule has 1 aliphatic rings. The number of carbonyl (C=O) groups excluding carboxylic acids is 2. The third kappa shape index (κ3) is 2.83. The minimum Gasteiger partial charge on any atom is -0.350 e. The molecule has 4 heteroatoms. The molecule has 0 aliphatic heterocycles. The number of hydrogen-bond acceptors (Lipinski definition) is 3. The molecule has 1 amide bonds. The average Bonchev–Trinajstić information content (AvgIpc) is 2.97. The lowest BCUT2D eigenvalue weighted by Gasteiger charge is -2.42. The fraction of sp³-hybridized carbons (Fsp3) is 0.333. The molecule has 1 aromatic carbocycles. The summed E-state index contributed by atoms with van der Waals surface area (Å²) in [6.07, 6.45) is 3.43. The van der Waals surface area contributed by atoms with E-state index in [-0.39, 0.29) is 17.1 Å².